The Balaban J connectivity index is 1.98. The Morgan fingerprint density at radius 3 is 2.09 bits per heavy atom. The van der Waals surface area contributed by atoms with Crippen LogP contribution in [-0.4, -0.2) is 25.2 Å². The van der Waals surface area contributed by atoms with Crippen LogP contribution in [0, 0.1) is 0 Å². The third kappa shape index (κ3) is 4.72. The molecule has 120 valence electrons. The van der Waals surface area contributed by atoms with Crippen molar-refractivity contribution >= 4 is 23.5 Å². The molecule has 2 rings (SSSR count). The number of halogens is 1. The van der Waals surface area contributed by atoms with Gasteiger partial charge in [-0.15, -0.1) is 0 Å². The number of carbonyl (C=O) groups is 2. The smallest absolute Gasteiger partial charge is 0.346 e. The molecule has 0 bridgehead atoms. The molecule has 0 radical (unpaired) electrons. The lowest BCUT2D eigenvalue weighted by atomic mass is 10.2. The number of esters is 2. The van der Waals surface area contributed by atoms with E-state index in [2.05, 4.69) is 4.74 Å². The van der Waals surface area contributed by atoms with Crippen LogP contribution >= 0.6 is 11.6 Å². The summed E-state index contributed by atoms with van der Waals surface area (Å²) in [5.74, 6) is -0.126. The molecule has 0 amide bonds. The minimum absolute atomic E-state index is 0.364. The van der Waals surface area contributed by atoms with E-state index < -0.39 is 18.0 Å². The fourth-order valence-electron chi connectivity index (χ4n) is 1.76. The summed E-state index contributed by atoms with van der Waals surface area (Å²) < 4.78 is 15.2. The lowest BCUT2D eigenvalue weighted by Crippen LogP contribution is -2.24. The zero-order chi connectivity index (χ0) is 16.8. The van der Waals surface area contributed by atoms with Crippen LogP contribution in [0.5, 0.6) is 11.5 Å². The van der Waals surface area contributed by atoms with Crippen LogP contribution in [-0.2, 0) is 9.53 Å². The van der Waals surface area contributed by atoms with Crippen molar-refractivity contribution in [3.8, 4) is 11.5 Å². The molecule has 0 heterocycles. The molecule has 1 atom stereocenters. The van der Waals surface area contributed by atoms with Gasteiger partial charge < -0.3 is 14.2 Å². The lowest BCUT2D eigenvalue weighted by Gasteiger charge is -2.12. The van der Waals surface area contributed by atoms with E-state index in [0.717, 1.165) is 0 Å². The molecular weight excluding hydrogens is 320 g/mol. The monoisotopic (exact) mass is 334 g/mol. The predicted molar refractivity (Wildman–Crippen MR) is 85.0 cm³/mol. The Hall–Kier alpha value is -2.53. The first-order valence-corrected chi connectivity index (χ1v) is 7.19. The second-order valence-electron chi connectivity index (χ2n) is 4.65. The van der Waals surface area contributed by atoms with E-state index in [1.165, 1.54) is 7.11 Å². The third-order valence-corrected chi connectivity index (χ3v) is 3.21. The van der Waals surface area contributed by atoms with Crippen molar-refractivity contribution < 1.29 is 23.8 Å². The zero-order valence-corrected chi connectivity index (χ0v) is 13.4. The number of methoxy groups -OCH3 is 1. The van der Waals surface area contributed by atoms with Crippen LogP contribution in [0.15, 0.2) is 48.5 Å². The van der Waals surface area contributed by atoms with E-state index in [-0.39, 0.29) is 0 Å². The van der Waals surface area contributed by atoms with E-state index in [4.69, 9.17) is 21.1 Å². The summed E-state index contributed by atoms with van der Waals surface area (Å²) in [6.07, 6.45) is -0.720. The minimum Gasteiger partial charge on any atom is -0.479 e. The standard InChI is InChI=1S/C17H15ClO5/c1-11(16(19)21-2)22-14-7-9-15(10-8-14)23-17(20)12-3-5-13(18)6-4-12/h3-11H,1-2H3. The maximum atomic E-state index is 12.0. The van der Waals surface area contributed by atoms with Crippen molar-refractivity contribution in [2.75, 3.05) is 7.11 Å². The van der Waals surface area contributed by atoms with Crippen molar-refractivity contribution in [2.45, 2.75) is 13.0 Å². The molecule has 6 heteroatoms. The molecule has 2 aromatic carbocycles. The molecule has 23 heavy (non-hydrogen) atoms. The van der Waals surface area contributed by atoms with Crippen LogP contribution in [0.3, 0.4) is 0 Å². The summed E-state index contributed by atoms with van der Waals surface area (Å²) in [6.45, 7) is 1.58. The molecule has 2 aromatic rings. The normalized spacial score (nSPS) is 11.4. The highest BCUT2D eigenvalue weighted by Crippen LogP contribution is 2.20. The third-order valence-electron chi connectivity index (χ3n) is 2.96. The summed E-state index contributed by atoms with van der Waals surface area (Å²) in [5, 5.41) is 0.544. The topological polar surface area (TPSA) is 61.8 Å². The maximum Gasteiger partial charge on any atom is 0.346 e. The molecule has 0 aromatic heterocycles. The molecule has 5 nitrogen and oxygen atoms in total. The Morgan fingerprint density at radius 1 is 0.957 bits per heavy atom. The average molecular weight is 335 g/mol. The molecule has 1 unspecified atom stereocenters. The van der Waals surface area contributed by atoms with E-state index in [1.807, 2.05) is 0 Å². The van der Waals surface area contributed by atoms with Crippen molar-refractivity contribution in [3.63, 3.8) is 0 Å². The van der Waals surface area contributed by atoms with Gasteiger partial charge in [0.25, 0.3) is 0 Å². The molecular formula is C17H15ClO5. The second-order valence-corrected chi connectivity index (χ2v) is 5.09. The summed E-state index contributed by atoms with van der Waals surface area (Å²) in [6, 6.07) is 12.8. The van der Waals surface area contributed by atoms with E-state index in [0.29, 0.717) is 22.1 Å². The fraction of sp³-hybridized carbons (Fsp3) is 0.176. The summed E-state index contributed by atoms with van der Waals surface area (Å²) in [7, 11) is 1.29. The number of benzene rings is 2. The molecule has 0 fully saturated rings. The minimum atomic E-state index is -0.720. The largest absolute Gasteiger partial charge is 0.479 e. The number of carbonyl (C=O) groups excluding carboxylic acids is 2. The molecule has 0 aliphatic heterocycles. The highest BCUT2D eigenvalue weighted by molar-refractivity contribution is 6.30. The predicted octanol–water partition coefficient (Wildman–Crippen LogP) is 3.50. The van der Waals surface area contributed by atoms with Gasteiger partial charge in [0.15, 0.2) is 6.10 Å². The van der Waals surface area contributed by atoms with Crippen molar-refractivity contribution in [3.05, 3.63) is 59.1 Å². The van der Waals surface area contributed by atoms with Crippen LogP contribution in [0.4, 0.5) is 0 Å². The van der Waals surface area contributed by atoms with Gasteiger partial charge in [0.1, 0.15) is 11.5 Å². The Morgan fingerprint density at radius 2 is 1.52 bits per heavy atom. The molecule has 0 N–H and O–H groups in total. The lowest BCUT2D eigenvalue weighted by molar-refractivity contribution is -0.147. The van der Waals surface area contributed by atoms with Gasteiger partial charge in [0.2, 0.25) is 0 Å². The number of hydrogen-bond donors (Lipinski definition) is 0. The number of rotatable bonds is 5. The first-order valence-electron chi connectivity index (χ1n) is 6.82. The van der Waals surface area contributed by atoms with Crippen molar-refractivity contribution in [1.29, 1.82) is 0 Å². The summed E-state index contributed by atoms with van der Waals surface area (Å²) in [5.41, 5.74) is 0.397. The highest BCUT2D eigenvalue weighted by atomic mass is 35.5. The second kappa shape index (κ2) is 7.65. The van der Waals surface area contributed by atoms with Crippen molar-refractivity contribution in [2.24, 2.45) is 0 Å². The zero-order valence-electron chi connectivity index (χ0n) is 12.6. The quantitative estimate of drug-likeness (QED) is 0.618. The molecule has 0 saturated heterocycles. The van der Waals surface area contributed by atoms with Gasteiger partial charge in [0.05, 0.1) is 12.7 Å². The Kier molecular flexibility index (Phi) is 5.60. The summed E-state index contributed by atoms with van der Waals surface area (Å²) >= 11 is 5.77. The van der Waals surface area contributed by atoms with E-state index in [1.54, 1.807) is 55.5 Å². The Bertz CT molecular complexity index is 679. The van der Waals surface area contributed by atoms with Crippen LogP contribution < -0.4 is 9.47 Å². The van der Waals surface area contributed by atoms with E-state index >= 15 is 0 Å². The van der Waals surface area contributed by atoms with Gasteiger partial charge in [-0.3, -0.25) is 0 Å². The Labute approximate surface area is 138 Å². The van der Waals surface area contributed by atoms with Gasteiger partial charge in [-0.25, -0.2) is 9.59 Å². The maximum absolute atomic E-state index is 12.0. The molecule has 0 saturated carbocycles. The summed E-state index contributed by atoms with van der Waals surface area (Å²) in [4.78, 5) is 23.2. The van der Waals surface area contributed by atoms with Gasteiger partial charge in [-0.1, -0.05) is 11.6 Å². The van der Waals surface area contributed by atoms with Gasteiger partial charge >= 0.3 is 11.9 Å². The first kappa shape index (κ1) is 16.8. The fourth-order valence-corrected chi connectivity index (χ4v) is 1.88. The van der Waals surface area contributed by atoms with E-state index in [9.17, 15) is 9.59 Å². The van der Waals surface area contributed by atoms with Crippen LogP contribution in [0.1, 0.15) is 17.3 Å². The molecule has 0 spiro atoms. The van der Waals surface area contributed by atoms with Gasteiger partial charge in [0, 0.05) is 5.02 Å². The van der Waals surface area contributed by atoms with Gasteiger partial charge in [-0.05, 0) is 55.5 Å². The SMILES string of the molecule is COC(=O)C(C)Oc1ccc(OC(=O)c2ccc(Cl)cc2)cc1. The molecule has 0 aliphatic rings. The first-order chi connectivity index (χ1) is 11.0. The number of hydrogen-bond acceptors (Lipinski definition) is 5. The van der Waals surface area contributed by atoms with Gasteiger partial charge in [-0.2, -0.15) is 0 Å². The van der Waals surface area contributed by atoms with Crippen molar-refractivity contribution in [1.82, 2.24) is 0 Å². The average Bonchev–Trinajstić information content (AvgIpc) is 2.56. The molecule has 0 aliphatic carbocycles. The van der Waals surface area contributed by atoms with Crippen LogP contribution in [0.25, 0.3) is 0 Å². The number of ether oxygens (including phenoxy) is 3. The highest BCUT2D eigenvalue weighted by Gasteiger charge is 2.15. The van der Waals surface area contributed by atoms with Crippen LogP contribution in [0.2, 0.25) is 5.02 Å².